The number of anilines is 1. The van der Waals surface area contributed by atoms with Crippen molar-refractivity contribution in [1.82, 2.24) is 5.43 Å². The fraction of sp³-hybridized carbons (Fsp3) is 0.111. The predicted molar refractivity (Wildman–Crippen MR) is 102 cm³/mol. The minimum atomic E-state index is -0.915. The third kappa shape index (κ3) is 6.44. The predicted octanol–water partition coefficient (Wildman–Crippen LogP) is 1.60. The number of nitrogens with two attached hydrogens (primary N) is 1. The highest BCUT2D eigenvalue weighted by atomic mass is 35.5. The standard InChI is InChI=1S/C18H17ClN4O4/c1-11-8-13(19)4-7-15(11)22-17(25)18(26)23-21-9-12-2-5-14(6-3-12)27-10-16(20)24/h2-9H,10H2,1H3,(H2,20,24)(H,22,25)(H,23,26)/b21-9+. The summed E-state index contributed by atoms with van der Waals surface area (Å²) in [5.74, 6) is -1.88. The van der Waals surface area contributed by atoms with Crippen molar-refractivity contribution in [2.75, 3.05) is 11.9 Å². The monoisotopic (exact) mass is 388 g/mol. The van der Waals surface area contributed by atoms with E-state index in [9.17, 15) is 14.4 Å². The molecule has 3 amide bonds. The van der Waals surface area contributed by atoms with Gasteiger partial charge in [0, 0.05) is 10.7 Å². The van der Waals surface area contributed by atoms with Gasteiger partial charge in [-0.2, -0.15) is 5.10 Å². The van der Waals surface area contributed by atoms with Gasteiger partial charge in [0.25, 0.3) is 5.91 Å². The van der Waals surface area contributed by atoms with Crippen molar-refractivity contribution in [3.05, 3.63) is 58.6 Å². The Balaban J connectivity index is 1.86. The Kier molecular flexibility index (Phi) is 6.90. The van der Waals surface area contributed by atoms with E-state index in [1.807, 2.05) is 0 Å². The van der Waals surface area contributed by atoms with Gasteiger partial charge in [-0.3, -0.25) is 14.4 Å². The maximum absolute atomic E-state index is 11.9. The van der Waals surface area contributed by atoms with Crippen LogP contribution in [0.5, 0.6) is 5.75 Å². The number of aryl methyl sites for hydroxylation is 1. The molecule has 0 radical (unpaired) electrons. The van der Waals surface area contributed by atoms with E-state index in [-0.39, 0.29) is 6.61 Å². The fourth-order valence-electron chi connectivity index (χ4n) is 1.97. The molecule has 2 aromatic rings. The van der Waals surface area contributed by atoms with E-state index in [1.165, 1.54) is 6.21 Å². The van der Waals surface area contributed by atoms with Gasteiger partial charge in [0.1, 0.15) is 5.75 Å². The molecule has 2 aromatic carbocycles. The Bertz CT molecular complexity index is 881. The van der Waals surface area contributed by atoms with E-state index in [0.717, 1.165) is 5.56 Å². The summed E-state index contributed by atoms with van der Waals surface area (Å²) in [6, 6.07) is 11.4. The van der Waals surface area contributed by atoms with Crippen LogP contribution in [0.15, 0.2) is 47.6 Å². The van der Waals surface area contributed by atoms with Crippen molar-refractivity contribution in [3.63, 3.8) is 0 Å². The molecule has 0 aromatic heterocycles. The first-order valence-electron chi connectivity index (χ1n) is 7.77. The molecule has 0 unspecified atom stereocenters. The second kappa shape index (κ2) is 9.35. The number of hydrogen-bond acceptors (Lipinski definition) is 5. The molecule has 0 aliphatic heterocycles. The summed E-state index contributed by atoms with van der Waals surface area (Å²) in [6.45, 7) is 1.54. The first-order chi connectivity index (χ1) is 12.8. The van der Waals surface area contributed by atoms with Gasteiger partial charge in [-0.1, -0.05) is 11.6 Å². The second-order valence-corrected chi connectivity index (χ2v) is 5.87. The van der Waals surface area contributed by atoms with Crippen LogP contribution in [-0.4, -0.2) is 30.5 Å². The van der Waals surface area contributed by atoms with Crippen LogP contribution in [0.25, 0.3) is 0 Å². The number of hydrazone groups is 1. The molecule has 8 nitrogen and oxygen atoms in total. The number of halogens is 1. The third-order valence-corrected chi connectivity index (χ3v) is 3.52. The van der Waals surface area contributed by atoms with Crippen LogP contribution in [0, 0.1) is 6.92 Å². The van der Waals surface area contributed by atoms with Gasteiger partial charge >= 0.3 is 11.8 Å². The molecule has 140 valence electrons. The van der Waals surface area contributed by atoms with Gasteiger partial charge in [-0.15, -0.1) is 0 Å². The van der Waals surface area contributed by atoms with E-state index in [1.54, 1.807) is 49.4 Å². The molecule has 0 fully saturated rings. The first-order valence-corrected chi connectivity index (χ1v) is 8.14. The normalized spacial score (nSPS) is 10.4. The topological polar surface area (TPSA) is 123 Å². The van der Waals surface area contributed by atoms with E-state index < -0.39 is 17.7 Å². The van der Waals surface area contributed by atoms with Crippen LogP contribution in [0.1, 0.15) is 11.1 Å². The van der Waals surface area contributed by atoms with Gasteiger partial charge in [0.15, 0.2) is 6.61 Å². The Morgan fingerprint density at radius 1 is 1.15 bits per heavy atom. The lowest BCUT2D eigenvalue weighted by atomic mass is 10.2. The number of carbonyl (C=O) groups is 3. The zero-order chi connectivity index (χ0) is 19.8. The molecular weight excluding hydrogens is 372 g/mol. The SMILES string of the molecule is Cc1cc(Cl)ccc1NC(=O)C(=O)N/N=C/c1ccc(OCC(N)=O)cc1. The van der Waals surface area contributed by atoms with E-state index in [0.29, 0.717) is 22.0 Å². The minimum Gasteiger partial charge on any atom is -0.484 e. The molecule has 0 heterocycles. The van der Waals surface area contributed by atoms with Crippen LogP contribution in [-0.2, 0) is 14.4 Å². The lowest BCUT2D eigenvalue weighted by Crippen LogP contribution is -2.32. The summed E-state index contributed by atoms with van der Waals surface area (Å²) in [5.41, 5.74) is 8.98. The van der Waals surface area contributed by atoms with Crippen molar-refractivity contribution >= 4 is 41.2 Å². The van der Waals surface area contributed by atoms with Crippen molar-refractivity contribution in [3.8, 4) is 5.75 Å². The number of nitrogens with one attached hydrogen (secondary N) is 2. The Morgan fingerprint density at radius 3 is 2.48 bits per heavy atom. The molecule has 0 atom stereocenters. The quantitative estimate of drug-likeness (QED) is 0.395. The summed E-state index contributed by atoms with van der Waals surface area (Å²) in [4.78, 5) is 34.3. The van der Waals surface area contributed by atoms with Crippen LogP contribution in [0.2, 0.25) is 5.02 Å². The van der Waals surface area contributed by atoms with Crippen molar-refractivity contribution < 1.29 is 19.1 Å². The highest BCUT2D eigenvalue weighted by Crippen LogP contribution is 2.19. The van der Waals surface area contributed by atoms with Crippen LogP contribution >= 0.6 is 11.6 Å². The van der Waals surface area contributed by atoms with Crippen LogP contribution in [0.4, 0.5) is 5.69 Å². The minimum absolute atomic E-state index is 0.217. The van der Waals surface area contributed by atoms with Crippen LogP contribution in [0.3, 0.4) is 0 Å². The van der Waals surface area contributed by atoms with Crippen molar-refractivity contribution in [1.29, 1.82) is 0 Å². The summed E-state index contributed by atoms with van der Waals surface area (Å²) in [5, 5.41) is 6.73. The van der Waals surface area contributed by atoms with E-state index in [4.69, 9.17) is 22.1 Å². The number of carbonyl (C=O) groups excluding carboxylic acids is 3. The molecule has 0 aliphatic rings. The summed E-state index contributed by atoms with van der Waals surface area (Å²) >= 11 is 5.84. The molecule has 0 saturated heterocycles. The number of ether oxygens (including phenoxy) is 1. The number of amides is 3. The van der Waals surface area contributed by atoms with Crippen LogP contribution < -0.4 is 21.2 Å². The Morgan fingerprint density at radius 2 is 1.85 bits per heavy atom. The maximum atomic E-state index is 11.9. The molecule has 0 saturated carbocycles. The van der Waals surface area contributed by atoms with Gasteiger partial charge in [-0.25, -0.2) is 5.43 Å². The first kappa shape index (κ1) is 19.9. The van der Waals surface area contributed by atoms with Gasteiger partial charge in [0.05, 0.1) is 6.21 Å². The number of rotatable bonds is 6. The fourth-order valence-corrected chi connectivity index (χ4v) is 2.19. The van der Waals surface area contributed by atoms with E-state index in [2.05, 4.69) is 15.8 Å². The molecule has 0 bridgehead atoms. The second-order valence-electron chi connectivity index (χ2n) is 5.44. The molecular formula is C18H17ClN4O4. The summed E-state index contributed by atoms with van der Waals surface area (Å²) in [7, 11) is 0. The summed E-state index contributed by atoms with van der Waals surface area (Å²) in [6.07, 6.45) is 1.36. The lowest BCUT2D eigenvalue weighted by molar-refractivity contribution is -0.136. The number of nitrogens with zero attached hydrogens (tertiary/aromatic N) is 1. The number of benzene rings is 2. The average Bonchev–Trinajstić information content (AvgIpc) is 2.63. The lowest BCUT2D eigenvalue weighted by Gasteiger charge is -2.07. The van der Waals surface area contributed by atoms with E-state index >= 15 is 0 Å². The zero-order valence-electron chi connectivity index (χ0n) is 14.4. The third-order valence-electron chi connectivity index (χ3n) is 3.28. The molecule has 27 heavy (non-hydrogen) atoms. The van der Waals surface area contributed by atoms with Gasteiger partial charge in [0.2, 0.25) is 0 Å². The van der Waals surface area contributed by atoms with Gasteiger partial charge < -0.3 is 15.8 Å². The number of hydrogen-bond donors (Lipinski definition) is 3. The molecule has 0 spiro atoms. The molecule has 2 rings (SSSR count). The maximum Gasteiger partial charge on any atom is 0.329 e. The highest BCUT2D eigenvalue weighted by molar-refractivity contribution is 6.39. The largest absolute Gasteiger partial charge is 0.484 e. The number of primary amides is 1. The van der Waals surface area contributed by atoms with Crippen molar-refractivity contribution in [2.45, 2.75) is 6.92 Å². The molecule has 4 N–H and O–H groups in total. The molecule has 0 aliphatic carbocycles. The van der Waals surface area contributed by atoms with Gasteiger partial charge in [-0.05, 0) is 60.5 Å². The smallest absolute Gasteiger partial charge is 0.329 e. The average molecular weight is 389 g/mol. The van der Waals surface area contributed by atoms with Crippen molar-refractivity contribution in [2.24, 2.45) is 10.8 Å². The summed E-state index contributed by atoms with van der Waals surface area (Å²) < 4.78 is 5.12. The highest BCUT2D eigenvalue weighted by Gasteiger charge is 2.14. The zero-order valence-corrected chi connectivity index (χ0v) is 15.1. The Labute approximate surface area is 160 Å². The molecule has 9 heteroatoms. The Hall–Kier alpha value is -3.39.